The Morgan fingerprint density at radius 3 is 2.41 bits per heavy atom. The highest BCUT2D eigenvalue weighted by atomic mass is 32.2. The van der Waals surface area contributed by atoms with Gasteiger partial charge in [-0.15, -0.1) is 0 Å². The molecule has 3 amide bonds. The van der Waals surface area contributed by atoms with Gasteiger partial charge in [0.05, 0.1) is 4.91 Å². The number of phenols is 1. The molecule has 0 spiro atoms. The molecule has 32 heavy (non-hydrogen) atoms. The molecule has 0 bridgehead atoms. The first-order valence-electron chi connectivity index (χ1n) is 9.91. The highest BCUT2D eigenvalue weighted by Crippen LogP contribution is 2.33. The number of rotatable bonds is 5. The van der Waals surface area contributed by atoms with E-state index in [1.807, 2.05) is 54.9 Å². The van der Waals surface area contributed by atoms with Gasteiger partial charge in [0.15, 0.2) is 0 Å². The number of aromatic hydroxyl groups is 1. The molecule has 1 aromatic heterocycles. The number of carbonyl (C=O) groups is 3. The zero-order valence-electron chi connectivity index (χ0n) is 17.5. The minimum absolute atomic E-state index is 0.155. The third-order valence-corrected chi connectivity index (χ3v) is 6.02. The molecule has 0 saturated carbocycles. The fourth-order valence-corrected chi connectivity index (χ4v) is 4.29. The molecule has 8 heteroatoms. The number of para-hydroxylation sites is 1. The Kier molecular flexibility index (Phi) is 5.87. The number of hydrogen-bond donors (Lipinski definition) is 2. The second-order valence-electron chi connectivity index (χ2n) is 7.40. The molecule has 0 atom stereocenters. The van der Waals surface area contributed by atoms with Crippen molar-refractivity contribution in [3.8, 4) is 11.4 Å². The summed E-state index contributed by atoms with van der Waals surface area (Å²) in [6.07, 6.45) is 3.45. The molecule has 2 aromatic carbocycles. The Hall–Kier alpha value is -3.78. The van der Waals surface area contributed by atoms with E-state index in [1.165, 1.54) is 0 Å². The van der Waals surface area contributed by atoms with Gasteiger partial charge >= 0.3 is 0 Å². The van der Waals surface area contributed by atoms with Crippen LogP contribution in [0, 0.1) is 13.8 Å². The van der Waals surface area contributed by atoms with E-state index in [0.717, 1.165) is 33.5 Å². The average Bonchev–Trinajstić information content (AvgIpc) is 3.32. The van der Waals surface area contributed by atoms with Crippen LogP contribution in [-0.4, -0.2) is 38.2 Å². The number of carbonyl (C=O) groups excluding carboxylic acids is 3. The van der Waals surface area contributed by atoms with Crippen molar-refractivity contribution < 1.29 is 19.5 Å². The quantitative estimate of drug-likeness (QED) is 0.563. The fourth-order valence-electron chi connectivity index (χ4n) is 3.46. The second kappa shape index (κ2) is 8.76. The highest BCUT2D eigenvalue weighted by molar-refractivity contribution is 8.18. The molecule has 4 rings (SSSR count). The summed E-state index contributed by atoms with van der Waals surface area (Å²) in [4.78, 5) is 39.0. The molecule has 1 saturated heterocycles. The molecule has 1 aliphatic rings. The lowest BCUT2D eigenvalue weighted by molar-refractivity contribution is -0.127. The minimum atomic E-state index is -0.505. The standard InChI is InChI=1S/C24H21N3O4S/c1-15-5-3-6-16(2)22(15)25-21(29)14-27-23(30)20(32-24(27)31)13-18-7-4-12-26(18)17-8-10-19(28)11-9-17/h3-13,28H,14H2,1-2H3,(H,25,29)/b20-13+. The van der Waals surface area contributed by atoms with Gasteiger partial charge in [-0.25, -0.2) is 0 Å². The molecule has 1 aliphatic heterocycles. The Labute approximate surface area is 189 Å². The zero-order chi connectivity index (χ0) is 22.8. The molecular weight excluding hydrogens is 426 g/mol. The zero-order valence-corrected chi connectivity index (χ0v) is 18.3. The number of anilines is 1. The summed E-state index contributed by atoms with van der Waals surface area (Å²) < 4.78 is 1.83. The van der Waals surface area contributed by atoms with Crippen LogP contribution in [0.4, 0.5) is 10.5 Å². The number of aromatic nitrogens is 1. The number of benzene rings is 2. The van der Waals surface area contributed by atoms with Crippen molar-refractivity contribution in [3.63, 3.8) is 0 Å². The van der Waals surface area contributed by atoms with Gasteiger partial charge < -0.3 is 15.0 Å². The van der Waals surface area contributed by atoms with Crippen LogP contribution >= 0.6 is 11.8 Å². The fraction of sp³-hybridized carbons (Fsp3) is 0.125. The van der Waals surface area contributed by atoms with Crippen molar-refractivity contribution >= 4 is 40.6 Å². The third kappa shape index (κ3) is 4.31. The van der Waals surface area contributed by atoms with E-state index in [0.29, 0.717) is 11.4 Å². The number of phenolic OH excluding ortho intramolecular Hbond substituents is 1. The summed E-state index contributed by atoms with van der Waals surface area (Å²) in [5.74, 6) is -0.781. The Morgan fingerprint density at radius 2 is 1.72 bits per heavy atom. The largest absolute Gasteiger partial charge is 0.508 e. The SMILES string of the molecule is Cc1cccc(C)c1NC(=O)CN1C(=O)S/C(=C/c2cccn2-c2ccc(O)cc2)C1=O. The molecule has 0 unspecified atom stereocenters. The van der Waals surface area contributed by atoms with E-state index < -0.39 is 17.1 Å². The topological polar surface area (TPSA) is 91.6 Å². The minimum Gasteiger partial charge on any atom is -0.508 e. The first-order chi connectivity index (χ1) is 15.3. The van der Waals surface area contributed by atoms with Crippen LogP contribution in [0.3, 0.4) is 0 Å². The van der Waals surface area contributed by atoms with E-state index in [9.17, 15) is 19.5 Å². The van der Waals surface area contributed by atoms with Crippen molar-refractivity contribution in [2.75, 3.05) is 11.9 Å². The van der Waals surface area contributed by atoms with Crippen LogP contribution in [0.2, 0.25) is 0 Å². The number of aryl methyl sites for hydroxylation is 2. The van der Waals surface area contributed by atoms with E-state index in [2.05, 4.69) is 5.32 Å². The summed E-state index contributed by atoms with van der Waals surface area (Å²) in [6, 6.07) is 15.9. The van der Waals surface area contributed by atoms with Gasteiger partial charge in [-0.3, -0.25) is 19.3 Å². The van der Waals surface area contributed by atoms with E-state index >= 15 is 0 Å². The third-order valence-electron chi connectivity index (χ3n) is 5.11. The van der Waals surface area contributed by atoms with Crippen LogP contribution in [0.25, 0.3) is 11.8 Å². The Bertz CT molecular complexity index is 1220. The van der Waals surface area contributed by atoms with Crippen molar-refractivity contribution in [1.29, 1.82) is 0 Å². The number of amides is 3. The summed E-state index contributed by atoms with van der Waals surface area (Å²) in [5, 5.41) is 11.8. The maximum absolute atomic E-state index is 12.9. The lowest BCUT2D eigenvalue weighted by Crippen LogP contribution is -2.36. The summed E-state index contributed by atoms with van der Waals surface area (Å²) in [7, 11) is 0. The number of hydrogen-bond acceptors (Lipinski definition) is 5. The first-order valence-corrected chi connectivity index (χ1v) is 10.7. The lowest BCUT2D eigenvalue weighted by Gasteiger charge is -2.15. The van der Waals surface area contributed by atoms with E-state index in [4.69, 9.17) is 0 Å². The molecule has 2 heterocycles. The molecule has 1 fully saturated rings. The van der Waals surface area contributed by atoms with Gasteiger partial charge in [-0.1, -0.05) is 18.2 Å². The maximum Gasteiger partial charge on any atom is 0.294 e. The van der Waals surface area contributed by atoms with Gasteiger partial charge in [-0.05, 0) is 79.2 Å². The summed E-state index contributed by atoms with van der Waals surface area (Å²) >= 11 is 0.806. The van der Waals surface area contributed by atoms with Gasteiger partial charge in [0, 0.05) is 23.3 Å². The molecule has 2 N–H and O–H groups in total. The molecule has 0 radical (unpaired) electrons. The average molecular weight is 448 g/mol. The predicted molar refractivity (Wildman–Crippen MR) is 125 cm³/mol. The van der Waals surface area contributed by atoms with E-state index in [-0.39, 0.29) is 17.2 Å². The molecule has 162 valence electrons. The summed E-state index contributed by atoms with van der Waals surface area (Å²) in [5.41, 5.74) is 3.99. The molecule has 3 aromatic rings. The van der Waals surface area contributed by atoms with Crippen LogP contribution in [0.1, 0.15) is 16.8 Å². The van der Waals surface area contributed by atoms with Crippen molar-refractivity contribution in [3.05, 3.63) is 82.5 Å². The van der Waals surface area contributed by atoms with Gasteiger partial charge in [0.1, 0.15) is 12.3 Å². The van der Waals surface area contributed by atoms with Crippen molar-refractivity contribution in [1.82, 2.24) is 9.47 Å². The molecule has 7 nitrogen and oxygen atoms in total. The van der Waals surface area contributed by atoms with Crippen LogP contribution < -0.4 is 5.32 Å². The van der Waals surface area contributed by atoms with Crippen LogP contribution in [0.15, 0.2) is 65.7 Å². The molecular formula is C24H21N3O4S. The first kappa shape index (κ1) is 21.5. The molecule has 0 aliphatic carbocycles. The number of thioether (sulfide) groups is 1. The van der Waals surface area contributed by atoms with E-state index in [1.54, 1.807) is 30.3 Å². The lowest BCUT2D eigenvalue weighted by atomic mass is 10.1. The van der Waals surface area contributed by atoms with Gasteiger partial charge in [0.25, 0.3) is 11.1 Å². The smallest absolute Gasteiger partial charge is 0.294 e. The number of nitrogens with one attached hydrogen (secondary N) is 1. The van der Waals surface area contributed by atoms with Crippen molar-refractivity contribution in [2.24, 2.45) is 0 Å². The van der Waals surface area contributed by atoms with Crippen LogP contribution in [-0.2, 0) is 9.59 Å². The Balaban J connectivity index is 1.51. The monoisotopic (exact) mass is 447 g/mol. The van der Waals surface area contributed by atoms with Crippen LogP contribution in [0.5, 0.6) is 5.75 Å². The summed E-state index contributed by atoms with van der Waals surface area (Å²) in [6.45, 7) is 3.41. The Morgan fingerprint density at radius 1 is 1.03 bits per heavy atom. The number of nitrogens with zero attached hydrogens (tertiary/aromatic N) is 2. The maximum atomic E-state index is 12.9. The normalized spacial score (nSPS) is 14.9. The predicted octanol–water partition coefficient (Wildman–Crippen LogP) is 4.47. The van der Waals surface area contributed by atoms with Gasteiger partial charge in [0.2, 0.25) is 5.91 Å². The van der Waals surface area contributed by atoms with Crippen molar-refractivity contribution in [2.45, 2.75) is 13.8 Å². The second-order valence-corrected chi connectivity index (χ2v) is 8.40. The highest BCUT2D eigenvalue weighted by Gasteiger charge is 2.36. The number of imide groups is 1. The van der Waals surface area contributed by atoms with Gasteiger partial charge in [-0.2, -0.15) is 0 Å².